The fourth-order valence-electron chi connectivity index (χ4n) is 5.03. The molecular weight excluding hydrogens is 465 g/mol. The van der Waals surface area contributed by atoms with Crippen LogP contribution < -0.4 is 0 Å². The van der Waals surface area contributed by atoms with Crippen molar-refractivity contribution < 1.29 is 31.4 Å². The van der Waals surface area contributed by atoms with Gasteiger partial charge in [0.25, 0.3) is 0 Å². The van der Waals surface area contributed by atoms with Crippen molar-refractivity contribution in [1.29, 1.82) is 0 Å². The lowest BCUT2D eigenvalue weighted by molar-refractivity contribution is -0.162. The van der Waals surface area contributed by atoms with Gasteiger partial charge in [0.1, 0.15) is 5.82 Å². The summed E-state index contributed by atoms with van der Waals surface area (Å²) in [5.74, 6) is -1.69. The van der Waals surface area contributed by atoms with Gasteiger partial charge in [-0.3, -0.25) is 4.98 Å². The van der Waals surface area contributed by atoms with E-state index in [0.29, 0.717) is 48.4 Å². The second-order valence-electron chi connectivity index (χ2n) is 9.20. The minimum absolute atomic E-state index is 0.0744. The molecule has 3 aromatic rings. The van der Waals surface area contributed by atoms with Crippen LogP contribution in [0.3, 0.4) is 0 Å². The number of fused-ring (bicyclic) bond motifs is 2. The van der Waals surface area contributed by atoms with Crippen LogP contribution >= 0.6 is 0 Å². The SMILES string of the molecule is CC(C)c1nc2c(c(-c3ccc(F)cc3)c1C(F)c1ccc(C(F)(F)F)cc1)C1(CC2)OCCO1. The zero-order valence-electron chi connectivity index (χ0n) is 19.3. The summed E-state index contributed by atoms with van der Waals surface area (Å²) < 4.78 is 81.5. The maximum atomic E-state index is 16.4. The maximum Gasteiger partial charge on any atom is 0.416 e. The highest BCUT2D eigenvalue weighted by Gasteiger charge is 2.48. The fraction of sp³-hybridized carbons (Fsp3) is 0.370. The van der Waals surface area contributed by atoms with Gasteiger partial charge in [0.2, 0.25) is 0 Å². The summed E-state index contributed by atoms with van der Waals surface area (Å²) in [5, 5.41) is 0. The van der Waals surface area contributed by atoms with Crippen molar-refractivity contribution in [3.05, 3.63) is 88.0 Å². The number of halogens is 5. The predicted octanol–water partition coefficient (Wildman–Crippen LogP) is 7.23. The smallest absolute Gasteiger partial charge is 0.343 e. The van der Waals surface area contributed by atoms with Crippen LogP contribution in [-0.4, -0.2) is 18.2 Å². The standard InChI is InChI=1S/C27H24F5NO2/c1-15(2)25-22(24(29)17-3-7-18(8-4-17)27(30,31)32)21(16-5-9-19(28)10-6-16)23-20(33-25)11-12-26(23)34-13-14-35-26/h3-10,15,24H,11-14H2,1-2H3. The third kappa shape index (κ3) is 4.12. The zero-order chi connectivity index (χ0) is 25.0. The monoisotopic (exact) mass is 489 g/mol. The highest BCUT2D eigenvalue weighted by atomic mass is 19.4. The first-order chi connectivity index (χ1) is 16.6. The molecule has 5 rings (SSSR count). The Balaban J connectivity index is 1.77. The van der Waals surface area contributed by atoms with E-state index in [-0.39, 0.29) is 17.0 Å². The zero-order valence-corrected chi connectivity index (χ0v) is 19.3. The Morgan fingerprint density at radius 1 is 0.943 bits per heavy atom. The third-order valence-electron chi connectivity index (χ3n) is 6.63. The van der Waals surface area contributed by atoms with E-state index in [9.17, 15) is 17.6 Å². The topological polar surface area (TPSA) is 31.4 Å². The summed E-state index contributed by atoms with van der Waals surface area (Å²) in [4.78, 5) is 4.82. The number of rotatable bonds is 4. The van der Waals surface area contributed by atoms with Crippen molar-refractivity contribution in [2.24, 2.45) is 0 Å². The van der Waals surface area contributed by atoms with E-state index in [2.05, 4.69) is 0 Å². The average Bonchev–Trinajstić information content (AvgIpc) is 3.45. The van der Waals surface area contributed by atoms with Crippen LogP contribution in [0.15, 0.2) is 48.5 Å². The number of hydrogen-bond acceptors (Lipinski definition) is 3. The Hall–Kier alpha value is -2.84. The number of hydrogen-bond donors (Lipinski definition) is 0. The molecular formula is C27H24F5NO2. The van der Waals surface area contributed by atoms with Gasteiger partial charge in [0, 0.05) is 23.1 Å². The van der Waals surface area contributed by atoms with Crippen LogP contribution in [0.2, 0.25) is 0 Å². The van der Waals surface area contributed by atoms with Crippen molar-refractivity contribution in [3.8, 4) is 11.1 Å². The van der Waals surface area contributed by atoms with E-state index in [1.165, 1.54) is 12.1 Å². The molecule has 1 aromatic heterocycles. The molecule has 184 valence electrons. The van der Waals surface area contributed by atoms with E-state index in [1.807, 2.05) is 13.8 Å². The lowest BCUT2D eigenvalue weighted by Crippen LogP contribution is -2.26. The molecule has 0 bridgehead atoms. The number of aromatic nitrogens is 1. The highest BCUT2D eigenvalue weighted by Crippen LogP contribution is 2.51. The van der Waals surface area contributed by atoms with Gasteiger partial charge in [-0.2, -0.15) is 13.2 Å². The van der Waals surface area contributed by atoms with Crippen molar-refractivity contribution in [2.75, 3.05) is 13.2 Å². The molecule has 35 heavy (non-hydrogen) atoms. The summed E-state index contributed by atoms with van der Waals surface area (Å²) in [7, 11) is 0. The second-order valence-corrected chi connectivity index (χ2v) is 9.20. The minimum atomic E-state index is -4.52. The summed E-state index contributed by atoms with van der Waals surface area (Å²) >= 11 is 0. The van der Waals surface area contributed by atoms with Crippen LogP contribution in [0.4, 0.5) is 22.0 Å². The number of benzene rings is 2. The van der Waals surface area contributed by atoms with Crippen molar-refractivity contribution in [1.82, 2.24) is 4.98 Å². The number of aryl methyl sites for hydroxylation is 1. The van der Waals surface area contributed by atoms with Gasteiger partial charge in [-0.05, 0) is 47.7 Å². The fourth-order valence-corrected chi connectivity index (χ4v) is 5.03. The van der Waals surface area contributed by atoms with Crippen molar-refractivity contribution in [3.63, 3.8) is 0 Å². The van der Waals surface area contributed by atoms with Gasteiger partial charge in [-0.25, -0.2) is 8.78 Å². The molecule has 0 radical (unpaired) electrons. The van der Waals surface area contributed by atoms with Crippen molar-refractivity contribution in [2.45, 2.75) is 50.7 Å². The molecule has 1 unspecified atom stereocenters. The molecule has 1 atom stereocenters. The largest absolute Gasteiger partial charge is 0.416 e. The van der Waals surface area contributed by atoms with E-state index in [0.717, 1.165) is 30.0 Å². The van der Waals surface area contributed by atoms with Crippen LogP contribution in [-0.2, 0) is 27.9 Å². The average molecular weight is 489 g/mol. The Kier molecular flexibility index (Phi) is 5.92. The molecule has 0 N–H and O–H groups in total. The molecule has 1 saturated heterocycles. The maximum absolute atomic E-state index is 16.4. The van der Waals surface area contributed by atoms with E-state index >= 15 is 4.39 Å². The minimum Gasteiger partial charge on any atom is -0.343 e. The molecule has 3 nitrogen and oxygen atoms in total. The van der Waals surface area contributed by atoms with E-state index in [4.69, 9.17) is 14.5 Å². The molecule has 1 spiro atoms. The van der Waals surface area contributed by atoms with Crippen LogP contribution in [0, 0.1) is 5.82 Å². The summed E-state index contributed by atoms with van der Waals surface area (Å²) in [6.45, 7) is 4.53. The first kappa shape index (κ1) is 23.9. The molecule has 0 saturated carbocycles. The number of ether oxygens (including phenoxy) is 2. The Morgan fingerprint density at radius 3 is 2.14 bits per heavy atom. The molecule has 2 aromatic carbocycles. The normalized spacial score (nSPS) is 17.8. The first-order valence-corrected chi connectivity index (χ1v) is 11.5. The Labute approximate surface area is 199 Å². The summed E-state index contributed by atoms with van der Waals surface area (Å²) in [5.41, 5.74) is 2.40. The Morgan fingerprint density at radius 2 is 1.57 bits per heavy atom. The van der Waals surface area contributed by atoms with Gasteiger partial charge in [0.15, 0.2) is 12.0 Å². The molecule has 8 heteroatoms. The number of pyridine rings is 1. The third-order valence-corrected chi connectivity index (χ3v) is 6.63. The van der Waals surface area contributed by atoms with Crippen LogP contribution in [0.1, 0.15) is 66.0 Å². The summed E-state index contributed by atoms with van der Waals surface area (Å²) in [6, 6.07) is 9.78. The van der Waals surface area contributed by atoms with Crippen LogP contribution in [0.25, 0.3) is 11.1 Å². The quantitative estimate of drug-likeness (QED) is 0.362. The van der Waals surface area contributed by atoms with E-state index < -0.39 is 29.5 Å². The summed E-state index contributed by atoms with van der Waals surface area (Å²) in [6.07, 6.45) is -5.21. The second kappa shape index (κ2) is 8.68. The predicted molar refractivity (Wildman–Crippen MR) is 120 cm³/mol. The van der Waals surface area contributed by atoms with E-state index in [1.54, 1.807) is 12.1 Å². The van der Waals surface area contributed by atoms with Crippen LogP contribution in [0.5, 0.6) is 0 Å². The number of nitrogens with zero attached hydrogens (tertiary/aromatic N) is 1. The first-order valence-electron chi connectivity index (χ1n) is 11.5. The van der Waals surface area contributed by atoms with Gasteiger partial charge >= 0.3 is 6.18 Å². The van der Waals surface area contributed by atoms with Gasteiger partial charge < -0.3 is 9.47 Å². The molecule has 2 aliphatic rings. The number of alkyl halides is 4. The van der Waals surface area contributed by atoms with Gasteiger partial charge in [-0.15, -0.1) is 0 Å². The van der Waals surface area contributed by atoms with Gasteiger partial charge in [0.05, 0.1) is 30.2 Å². The lowest BCUT2D eigenvalue weighted by Gasteiger charge is -2.29. The highest BCUT2D eigenvalue weighted by molar-refractivity contribution is 5.76. The van der Waals surface area contributed by atoms with Crippen molar-refractivity contribution >= 4 is 0 Å². The molecule has 1 aliphatic heterocycles. The van der Waals surface area contributed by atoms with Gasteiger partial charge in [-0.1, -0.05) is 38.1 Å². The molecule has 1 aliphatic carbocycles. The molecule has 0 amide bonds. The molecule has 1 fully saturated rings. The molecule has 2 heterocycles. The lowest BCUT2D eigenvalue weighted by atomic mass is 9.84. The Bertz CT molecular complexity index is 1230.